The van der Waals surface area contributed by atoms with Gasteiger partial charge in [-0.05, 0) is 36.4 Å². The average Bonchev–Trinajstić information content (AvgIpc) is 3.14. The monoisotopic (exact) mass is 440 g/mol. The minimum atomic E-state index is -4.97. The standard InChI is InChI=1S/C18H15F3N4O4S/c19-10-5-7-11(8-6-10)25-14(16(22)26)9-13(24-25)17(27)23-12-3-1-2-4-15(12)30(28,29)18(20)21/h1-8,14,18H,9H2,(H2,22,26)(H,23,27). The summed E-state index contributed by atoms with van der Waals surface area (Å²) < 4.78 is 62.6. The molecule has 0 bridgehead atoms. The molecule has 1 unspecified atom stereocenters. The van der Waals surface area contributed by atoms with Gasteiger partial charge in [0.05, 0.1) is 16.3 Å². The van der Waals surface area contributed by atoms with Crippen LogP contribution in [-0.2, 0) is 19.4 Å². The number of rotatable bonds is 6. The van der Waals surface area contributed by atoms with Crippen LogP contribution in [0.1, 0.15) is 6.42 Å². The number of nitrogens with zero attached hydrogens (tertiary/aromatic N) is 2. The Morgan fingerprint density at radius 1 is 1.13 bits per heavy atom. The zero-order valence-corrected chi connectivity index (χ0v) is 15.9. The van der Waals surface area contributed by atoms with Gasteiger partial charge in [-0.15, -0.1) is 0 Å². The molecular formula is C18H15F3N4O4S. The number of amides is 2. The maximum atomic E-state index is 13.2. The van der Waals surface area contributed by atoms with Crippen LogP contribution >= 0.6 is 0 Å². The van der Waals surface area contributed by atoms with Gasteiger partial charge in [0, 0.05) is 6.42 Å². The molecule has 8 nitrogen and oxygen atoms in total. The first-order valence-electron chi connectivity index (χ1n) is 8.45. The Kier molecular flexibility index (Phi) is 5.78. The normalized spacial score (nSPS) is 16.5. The van der Waals surface area contributed by atoms with Gasteiger partial charge in [-0.1, -0.05) is 12.1 Å². The number of alkyl halides is 2. The van der Waals surface area contributed by atoms with E-state index in [-0.39, 0.29) is 17.8 Å². The lowest BCUT2D eigenvalue weighted by molar-refractivity contribution is -0.119. The molecule has 0 saturated carbocycles. The molecule has 3 rings (SSSR count). The van der Waals surface area contributed by atoms with Crippen molar-refractivity contribution >= 4 is 38.7 Å². The first-order valence-corrected chi connectivity index (χ1v) is 10.00. The number of benzene rings is 2. The van der Waals surface area contributed by atoms with Crippen molar-refractivity contribution in [1.29, 1.82) is 0 Å². The zero-order chi connectivity index (χ0) is 22.1. The predicted octanol–water partition coefficient (Wildman–Crippen LogP) is 1.88. The lowest BCUT2D eigenvalue weighted by Crippen LogP contribution is -2.39. The summed E-state index contributed by atoms with van der Waals surface area (Å²) in [5.74, 6) is -5.89. The van der Waals surface area contributed by atoms with Crippen LogP contribution in [0.3, 0.4) is 0 Å². The van der Waals surface area contributed by atoms with E-state index in [1.54, 1.807) is 0 Å². The third-order valence-electron chi connectivity index (χ3n) is 4.27. The van der Waals surface area contributed by atoms with E-state index in [0.29, 0.717) is 5.69 Å². The van der Waals surface area contributed by atoms with Crippen LogP contribution in [0.5, 0.6) is 0 Å². The van der Waals surface area contributed by atoms with E-state index in [0.717, 1.165) is 29.3 Å². The Labute approximate surface area is 169 Å². The van der Waals surface area contributed by atoms with Gasteiger partial charge in [-0.3, -0.25) is 14.6 Å². The van der Waals surface area contributed by atoms with Crippen LogP contribution in [0.2, 0.25) is 0 Å². The van der Waals surface area contributed by atoms with E-state index >= 15 is 0 Å². The highest BCUT2D eigenvalue weighted by atomic mass is 32.2. The third kappa shape index (κ3) is 4.13. The molecule has 1 aliphatic heterocycles. The zero-order valence-electron chi connectivity index (χ0n) is 15.1. The number of nitrogens with one attached hydrogen (secondary N) is 1. The maximum Gasteiger partial charge on any atom is 0.341 e. The van der Waals surface area contributed by atoms with Crippen molar-refractivity contribution in [3.05, 3.63) is 54.3 Å². The van der Waals surface area contributed by atoms with Gasteiger partial charge in [0.1, 0.15) is 17.6 Å². The summed E-state index contributed by atoms with van der Waals surface area (Å²) in [6.07, 6.45) is -0.220. The van der Waals surface area contributed by atoms with Gasteiger partial charge in [0.25, 0.3) is 5.91 Å². The summed E-state index contributed by atoms with van der Waals surface area (Å²) >= 11 is 0. The highest BCUT2D eigenvalue weighted by Crippen LogP contribution is 2.28. The number of hydrazone groups is 1. The number of sulfone groups is 1. The van der Waals surface area contributed by atoms with E-state index < -0.39 is 44.2 Å². The fourth-order valence-electron chi connectivity index (χ4n) is 2.81. The summed E-state index contributed by atoms with van der Waals surface area (Å²) in [6, 6.07) is 8.55. The molecule has 1 heterocycles. The van der Waals surface area contributed by atoms with Crippen LogP contribution in [0.15, 0.2) is 58.5 Å². The molecule has 1 atom stereocenters. The molecule has 2 aromatic rings. The van der Waals surface area contributed by atoms with Crippen LogP contribution in [0, 0.1) is 5.82 Å². The number of anilines is 2. The van der Waals surface area contributed by atoms with Crippen molar-refractivity contribution in [2.45, 2.75) is 23.1 Å². The average molecular weight is 440 g/mol. The maximum absolute atomic E-state index is 13.2. The summed E-state index contributed by atoms with van der Waals surface area (Å²) in [4.78, 5) is 23.6. The second kappa shape index (κ2) is 8.14. The van der Waals surface area contributed by atoms with E-state index in [2.05, 4.69) is 10.4 Å². The van der Waals surface area contributed by atoms with Crippen molar-refractivity contribution < 1.29 is 31.2 Å². The third-order valence-corrected chi connectivity index (χ3v) is 5.71. The molecule has 1 aliphatic rings. The number of halogens is 3. The molecule has 2 amide bonds. The molecular weight excluding hydrogens is 425 g/mol. The molecule has 0 spiro atoms. The largest absolute Gasteiger partial charge is 0.368 e. The van der Waals surface area contributed by atoms with E-state index in [4.69, 9.17) is 5.73 Å². The number of hydrogen-bond acceptors (Lipinski definition) is 6. The van der Waals surface area contributed by atoms with E-state index in [9.17, 15) is 31.2 Å². The number of hydrogen-bond donors (Lipinski definition) is 2. The van der Waals surface area contributed by atoms with Crippen molar-refractivity contribution in [1.82, 2.24) is 0 Å². The first-order chi connectivity index (χ1) is 14.1. The minimum absolute atomic E-state index is 0.188. The summed E-state index contributed by atoms with van der Waals surface area (Å²) in [5.41, 5.74) is 5.11. The van der Waals surface area contributed by atoms with Gasteiger partial charge in [0.15, 0.2) is 0 Å². The number of carbonyl (C=O) groups excluding carboxylic acids is 2. The van der Waals surface area contributed by atoms with E-state index in [1.807, 2.05) is 0 Å². The molecule has 0 aromatic heterocycles. The molecule has 12 heteroatoms. The SMILES string of the molecule is NC(=O)C1CC(C(=O)Nc2ccccc2S(=O)(=O)C(F)F)=NN1c1ccc(F)cc1. The van der Waals surface area contributed by atoms with Crippen molar-refractivity contribution in [2.24, 2.45) is 10.8 Å². The van der Waals surface area contributed by atoms with Gasteiger partial charge in [0.2, 0.25) is 15.7 Å². The molecule has 0 aliphatic carbocycles. The van der Waals surface area contributed by atoms with Gasteiger partial charge in [-0.2, -0.15) is 13.9 Å². The van der Waals surface area contributed by atoms with Crippen LogP contribution in [0.25, 0.3) is 0 Å². The number of carbonyl (C=O) groups is 2. The van der Waals surface area contributed by atoms with Crippen LogP contribution in [-0.4, -0.2) is 37.7 Å². The Morgan fingerprint density at radius 2 is 1.77 bits per heavy atom. The Balaban J connectivity index is 1.90. The smallest absolute Gasteiger partial charge is 0.341 e. The second-order valence-corrected chi connectivity index (χ2v) is 8.13. The Bertz CT molecular complexity index is 1120. The quantitative estimate of drug-likeness (QED) is 0.710. The molecule has 0 radical (unpaired) electrons. The molecule has 158 valence electrons. The Morgan fingerprint density at radius 3 is 2.37 bits per heavy atom. The highest BCUT2D eigenvalue weighted by molar-refractivity contribution is 7.91. The molecule has 0 saturated heterocycles. The Hall–Kier alpha value is -3.41. The highest BCUT2D eigenvalue weighted by Gasteiger charge is 2.36. The first kappa shape index (κ1) is 21.3. The van der Waals surface area contributed by atoms with Crippen LogP contribution < -0.4 is 16.1 Å². The van der Waals surface area contributed by atoms with Gasteiger partial charge in [-0.25, -0.2) is 12.8 Å². The number of para-hydroxylation sites is 1. The summed E-state index contributed by atoms with van der Waals surface area (Å²) in [7, 11) is -4.97. The summed E-state index contributed by atoms with van der Waals surface area (Å²) in [6.45, 7) is 0. The van der Waals surface area contributed by atoms with Crippen molar-refractivity contribution in [2.75, 3.05) is 10.3 Å². The fourth-order valence-corrected chi connectivity index (χ4v) is 3.70. The summed E-state index contributed by atoms with van der Waals surface area (Å²) in [5, 5.41) is 7.40. The van der Waals surface area contributed by atoms with Crippen molar-refractivity contribution in [3.63, 3.8) is 0 Å². The van der Waals surface area contributed by atoms with Crippen LogP contribution in [0.4, 0.5) is 24.5 Å². The minimum Gasteiger partial charge on any atom is -0.368 e. The lowest BCUT2D eigenvalue weighted by atomic mass is 10.1. The van der Waals surface area contributed by atoms with Gasteiger partial charge >= 0.3 is 5.76 Å². The molecule has 3 N–H and O–H groups in total. The molecule has 0 fully saturated rings. The van der Waals surface area contributed by atoms with Gasteiger partial charge < -0.3 is 11.1 Å². The second-order valence-electron chi connectivity index (χ2n) is 6.25. The van der Waals surface area contributed by atoms with E-state index in [1.165, 1.54) is 24.3 Å². The van der Waals surface area contributed by atoms with Crippen molar-refractivity contribution in [3.8, 4) is 0 Å². The predicted molar refractivity (Wildman–Crippen MR) is 102 cm³/mol. The lowest BCUT2D eigenvalue weighted by Gasteiger charge is -2.20. The topological polar surface area (TPSA) is 122 Å². The molecule has 30 heavy (non-hydrogen) atoms. The number of primary amides is 1. The fraction of sp³-hybridized carbons (Fsp3) is 0.167. The molecule has 2 aromatic carbocycles. The number of nitrogens with two attached hydrogens (primary N) is 1.